The molecule has 2 aliphatic heterocycles. The maximum atomic E-state index is 12.2. The number of rotatable bonds is 10. The zero-order valence-electron chi connectivity index (χ0n) is 20.8. The molecule has 1 aromatic heterocycles. The van der Waals surface area contributed by atoms with Gasteiger partial charge in [0.05, 0.1) is 25.7 Å². The lowest BCUT2D eigenvalue weighted by atomic mass is 9.90. The van der Waals surface area contributed by atoms with E-state index >= 15 is 0 Å². The van der Waals surface area contributed by atoms with Crippen LogP contribution in [0.2, 0.25) is 5.02 Å². The molecule has 194 valence electrons. The van der Waals surface area contributed by atoms with Crippen molar-refractivity contribution in [3.63, 3.8) is 0 Å². The number of amides is 1. The first-order valence-electron chi connectivity index (χ1n) is 12.9. The molecule has 8 nitrogen and oxygen atoms in total. The van der Waals surface area contributed by atoms with Gasteiger partial charge in [-0.2, -0.15) is 0 Å². The molecule has 3 fully saturated rings. The number of carbonyl (C=O) groups excluding carboxylic acids is 1. The van der Waals surface area contributed by atoms with Crippen LogP contribution in [0.1, 0.15) is 36.8 Å². The van der Waals surface area contributed by atoms with Crippen molar-refractivity contribution in [2.45, 2.75) is 44.8 Å². The number of piperidine rings is 1. The standard InChI is InChI=1S/C27H35ClN4O4/c1-35-17-18-13-29-27(30-14-18)31-7-4-19(5-8-31)24-10-20(24)6-9-36-23-3-2-21(25(28)12-23)11-26(34)32-15-22(33)16-32/h2-3,12-14,19-20,22,24,33H,4-11,15-17H2,1H3/t20-,24-/m1/s1. The molecule has 0 bridgehead atoms. The van der Waals surface area contributed by atoms with E-state index in [0.29, 0.717) is 31.3 Å². The van der Waals surface area contributed by atoms with Gasteiger partial charge in [-0.3, -0.25) is 4.79 Å². The van der Waals surface area contributed by atoms with E-state index in [1.807, 2.05) is 24.5 Å². The maximum absolute atomic E-state index is 12.2. The van der Waals surface area contributed by atoms with Gasteiger partial charge in [-0.15, -0.1) is 0 Å². The summed E-state index contributed by atoms with van der Waals surface area (Å²) >= 11 is 6.41. The van der Waals surface area contributed by atoms with Crippen LogP contribution in [0.3, 0.4) is 0 Å². The van der Waals surface area contributed by atoms with Gasteiger partial charge in [0.2, 0.25) is 11.9 Å². The lowest BCUT2D eigenvalue weighted by molar-refractivity contribution is -0.140. The maximum Gasteiger partial charge on any atom is 0.227 e. The second-order valence-corrected chi connectivity index (χ2v) is 10.7. The van der Waals surface area contributed by atoms with Gasteiger partial charge in [0, 0.05) is 56.3 Å². The average Bonchev–Trinajstić information content (AvgIpc) is 3.64. The number of likely N-dealkylation sites (tertiary alicyclic amines) is 1. The molecule has 3 aliphatic rings. The normalized spacial score (nSPS) is 22.4. The third kappa shape index (κ3) is 6.10. The van der Waals surface area contributed by atoms with Gasteiger partial charge in [0.25, 0.3) is 0 Å². The van der Waals surface area contributed by atoms with E-state index in [1.165, 1.54) is 19.3 Å². The lowest BCUT2D eigenvalue weighted by Crippen LogP contribution is -2.53. The first kappa shape index (κ1) is 25.2. The number of aromatic nitrogens is 2. The Labute approximate surface area is 217 Å². The molecule has 0 spiro atoms. The summed E-state index contributed by atoms with van der Waals surface area (Å²) in [6.45, 7) is 4.08. The molecule has 1 saturated carbocycles. The van der Waals surface area contributed by atoms with Crippen LogP contribution in [0.15, 0.2) is 30.6 Å². The Bertz CT molecular complexity index is 1040. The van der Waals surface area contributed by atoms with Crippen molar-refractivity contribution >= 4 is 23.5 Å². The van der Waals surface area contributed by atoms with Crippen LogP contribution < -0.4 is 9.64 Å². The van der Waals surface area contributed by atoms with Crippen molar-refractivity contribution in [2.24, 2.45) is 17.8 Å². The number of β-amino-alcohol motifs (C(OH)–C–C–N with tert-alkyl or cyclic N) is 1. The lowest BCUT2D eigenvalue weighted by Gasteiger charge is -2.36. The Morgan fingerprint density at radius 1 is 1.19 bits per heavy atom. The first-order chi connectivity index (χ1) is 17.5. The third-order valence-corrected chi connectivity index (χ3v) is 8.10. The predicted octanol–water partition coefficient (Wildman–Crippen LogP) is 3.34. The van der Waals surface area contributed by atoms with Crippen LogP contribution >= 0.6 is 11.6 Å². The van der Waals surface area contributed by atoms with E-state index in [9.17, 15) is 9.90 Å². The number of nitrogens with zero attached hydrogens (tertiary/aromatic N) is 4. The molecule has 1 aromatic carbocycles. The van der Waals surface area contributed by atoms with E-state index < -0.39 is 6.10 Å². The summed E-state index contributed by atoms with van der Waals surface area (Å²) in [7, 11) is 1.68. The summed E-state index contributed by atoms with van der Waals surface area (Å²) in [5, 5.41) is 9.92. The molecule has 36 heavy (non-hydrogen) atoms. The number of methoxy groups -OCH3 is 1. The monoisotopic (exact) mass is 514 g/mol. The van der Waals surface area contributed by atoms with Crippen molar-refractivity contribution in [1.82, 2.24) is 14.9 Å². The molecule has 2 atom stereocenters. The molecule has 3 heterocycles. The van der Waals surface area contributed by atoms with Crippen molar-refractivity contribution in [3.8, 4) is 5.75 Å². The van der Waals surface area contributed by atoms with Gasteiger partial charge in [-0.1, -0.05) is 17.7 Å². The molecule has 9 heteroatoms. The topological polar surface area (TPSA) is 88.0 Å². The molecule has 0 radical (unpaired) electrons. The molecule has 0 unspecified atom stereocenters. The van der Waals surface area contributed by atoms with E-state index in [-0.39, 0.29) is 12.3 Å². The summed E-state index contributed by atoms with van der Waals surface area (Å²) in [5.41, 5.74) is 1.79. The molecule has 2 aromatic rings. The number of hydrogen-bond acceptors (Lipinski definition) is 7. The highest BCUT2D eigenvalue weighted by atomic mass is 35.5. The number of ether oxygens (including phenoxy) is 2. The van der Waals surface area contributed by atoms with Crippen molar-refractivity contribution in [1.29, 1.82) is 0 Å². The molecule has 1 N–H and O–H groups in total. The Morgan fingerprint density at radius 3 is 2.61 bits per heavy atom. The van der Waals surface area contributed by atoms with Gasteiger partial charge in [-0.25, -0.2) is 9.97 Å². The van der Waals surface area contributed by atoms with Gasteiger partial charge in [-0.05, 0) is 61.1 Å². The Morgan fingerprint density at radius 2 is 1.94 bits per heavy atom. The number of aliphatic hydroxyl groups is 1. The molecule has 2 saturated heterocycles. The third-order valence-electron chi connectivity index (χ3n) is 7.75. The molecular formula is C27H35ClN4O4. The zero-order chi connectivity index (χ0) is 25.1. The van der Waals surface area contributed by atoms with Crippen molar-refractivity contribution in [2.75, 3.05) is 44.8 Å². The van der Waals surface area contributed by atoms with Crippen LogP contribution in [0.5, 0.6) is 5.75 Å². The SMILES string of the molecule is COCc1cnc(N2CCC([C@H]3C[C@H]3CCOc3ccc(CC(=O)N4CC(O)C4)c(Cl)c3)CC2)nc1. The minimum atomic E-state index is -0.391. The van der Waals surface area contributed by atoms with Crippen LogP contribution in [0.4, 0.5) is 5.95 Å². The van der Waals surface area contributed by atoms with Crippen LogP contribution in [0, 0.1) is 17.8 Å². The highest BCUT2D eigenvalue weighted by Crippen LogP contribution is 2.49. The number of aliphatic hydroxyl groups excluding tert-OH is 1. The fraction of sp³-hybridized carbons (Fsp3) is 0.593. The van der Waals surface area contributed by atoms with Gasteiger partial charge in [0.15, 0.2) is 0 Å². The number of halogens is 1. The number of hydrogen-bond donors (Lipinski definition) is 1. The van der Waals surface area contributed by atoms with Crippen molar-refractivity contribution in [3.05, 3.63) is 46.7 Å². The number of anilines is 1. The second-order valence-electron chi connectivity index (χ2n) is 10.3. The molecule has 1 amide bonds. The van der Waals surface area contributed by atoms with E-state index in [2.05, 4.69) is 14.9 Å². The summed E-state index contributed by atoms with van der Waals surface area (Å²) in [6, 6.07) is 5.57. The Balaban J connectivity index is 1.01. The minimum absolute atomic E-state index is 0.00557. The van der Waals surface area contributed by atoms with Crippen LogP contribution in [0.25, 0.3) is 0 Å². The number of carbonyl (C=O) groups is 1. The molecular weight excluding hydrogens is 480 g/mol. The van der Waals surface area contributed by atoms with Crippen LogP contribution in [-0.4, -0.2) is 71.9 Å². The first-order valence-corrected chi connectivity index (χ1v) is 13.3. The largest absolute Gasteiger partial charge is 0.494 e. The van der Waals surface area contributed by atoms with Crippen molar-refractivity contribution < 1.29 is 19.4 Å². The summed E-state index contributed by atoms with van der Waals surface area (Å²) in [5.74, 6) is 3.88. The quantitative estimate of drug-likeness (QED) is 0.520. The summed E-state index contributed by atoms with van der Waals surface area (Å²) in [4.78, 5) is 25.2. The van der Waals surface area contributed by atoms with Gasteiger partial charge >= 0.3 is 0 Å². The fourth-order valence-corrected chi connectivity index (χ4v) is 5.72. The minimum Gasteiger partial charge on any atom is -0.494 e. The van der Waals surface area contributed by atoms with E-state index in [1.54, 1.807) is 18.1 Å². The molecule has 5 rings (SSSR count). The zero-order valence-corrected chi connectivity index (χ0v) is 21.6. The number of benzene rings is 1. The summed E-state index contributed by atoms with van der Waals surface area (Å²) < 4.78 is 11.1. The van der Waals surface area contributed by atoms with E-state index in [4.69, 9.17) is 21.1 Å². The highest BCUT2D eigenvalue weighted by molar-refractivity contribution is 6.31. The Hall–Kier alpha value is -2.42. The second kappa shape index (κ2) is 11.3. The van der Waals surface area contributed by atoms with Gasteiger partial charge < -0.3 is 24.4 Å². The van der Waals surface area contributed by atoms with Crippen LogP contribution in [-0.2, 0) is 22.6 Å². The smallest absolute Gasteiger partial charge is 0.227 e. The highest BCUT2D eigenvalue weighted by Gasteiger charge is 2.43. The average molecular weight is 515 g/mol. The van der Waals surface area contributed by atoms with E-state index in [0.717, 1.165) is 60.1 Å². The summed E-state index contributed by atoms with van der Waals surface area (Å²) in [6.07, 6.45) is 8.31. The predicted molar refractivity (Wildman–Crippen MR) is 137 cm³/mol. The fourth-order valence-electron chi connectivity index (χ4n) is 5.48. The Kier molecular flexibility index (Phi) is 7.93. The molecule has 1 aliphatic carbocycles. The van der Waals surface area contributed by atoms with Gasteiger partial charge in [0.1, 0.15) is 5.75 Å².